The summed E-state index contributed by atoms with van der Waals surface area (Å²) in [4.78, 5) is 15.6. The number of hydrogen-bond acceptors (Lipinski definition) is 3. The van der Waals surface area contributed by atoms with Gasteiger partial charge in [0.25, 0.3) is 0 Å². The number of primary amides is 1. The van der Waals surface area contributed by atoms with E-state index in [2.05, 4.69) is 9.55 Å². The number of fused-ring (bicyclic) bond motifs is 1. The molecule has 0 saturated heterocycles. The molecule has 2 aromatic rings. The van der Waals surface area contributed by atoms with Crippen LogP contribution in [0.1, 0.15) is 25.6 Å². The molecule has 1 aromatic heterocycles. The average Bonchev–Trinajstić information content (AvgIpc) is 2.79. The summed E-state index contributed by atoms with van der Waals surface area (Å²) in [6.07, 6.45) is 1.73. The minimum Gasteiger partial charge on any atom is -0.492 e. The van der Waals surface area contributed by atoms with E-state index in [0.29, 0.717) is 38.3 Å². The second kappa shape index (κ2) is 7.31. The zero-order valence-electron chi connectivity index (χ0n) is 12.1. The molecule has 2 rings (SSSR count). The summed E-state index contributed by atoms with van der Waals surface area (Å²) in [5.41, 5.74) is 7.05. The number of aromatic nitrogens is 2. The Morgan fingerprint density at radius 2 is 2.29 bits per heavy atom. The summed E-state index contributed by atoms with van der Waals surface area (Å²) in [7, 11) is 0. The molecular formula is C15H20ClN3O2. The van der Waals surface area contributed by atoms with Crippen molar-refractivity contribution < 1.29 is 9.53 Å². The van der Waals surface area contributed by atoms with Gasteiger partial charge in [-0.15, -0.1) is 11.6 Å². The SMILES string of the molecule is CCOc1cccc2c1nc(CCCl)n2CCCC(N)=O. The number of carbonyl (C=O) groups excluding carboxylic acids is 1. The van der Waals surface area contributed by atoms with Gasteiger partial charge in [-0.2, -0.15) is 0 Å². The second-order valence-corrected chi connectivity index (χ2v) is 5.12. The molecule has 5 nitrogen and oxygen atoms in total. The van der Waals surface area contributed by atoms with Crippen molar-refractivity contribution in [2.75, 3.05) is 12.5 Å². The van der Waals surface area contributed by atoms with Gasteiger partial charge in [-0.1, -0.05) is 6.07 Å². The third kappa shape index (κ3) is 3.67. The van der Waals surface area contributed by atoms with Crippen LogP contribution in [-0.2, 0) is 17.8 Å². The Kier molecular flexibility index (Phi) is 5.44. The van der Waals surface area contributed by atoms with E-state index in [1.54, 1.807) is 0 Å². The number of ether oxygens (including phenoxy) is 1. The van der Waals surface area contributed by atoms with Gasteiger partial charge in [0.15, 0.2) is 0 Å². The third-order valence-corrected chi connectivity index (χ3v) is 3.43. The van der Waals surface area contributed by atoms with E-state index < -0.39 is 0 Å². The molecule has 0 aliphatic carbocycles. The predicted octanol–water partition coefficient (Wildman–Crippen LogP) is 2.48. The molecule has 0 aliphatic heterocycles. The van der Waals surface area contributed by atoms with E-state index in [1.165, 1.54) is 0 Å². The van der Waals surface area contributed by atoms with Crippen LogP contribution in [0, 0.1) is 0 Å². The van der Waals surface area contributed by atoms with Crippen LogP contribution < -0.4 is 10.5 Å². The van der Waals surface area contributed by atoms with Crippen molar-refractivity contribution >= 4 is 28.5 Å². The van der Waals surface area contributed by atoms with Gasteiger partial charge in [0.2, 0.25) is 5.91 Å². The molecule has 0 radical (unpaired) electrons. The number of benzene rings is 1. The minimum absolute atomic E-state index is 0.284. The van der Waals surface area contributed by atoms with Crippen molar-refractivity contribution in [1.82, 2.24) is 9.55 Å². The number of aryl methyl sites for hydroxylation is 2. The Morgan fingerprint density at radius 1 is 1.48 bits per heavy atom. The minimum atomic E-state index is -0.284. The summed E-state index contributed by atoms with van der Waals surface area (Å²) in [5, 5.41) is 0. The maximum atomic E-state index is 10.9. The van der Waals surface area contributed by atoms with Gasteiger partial charge >= 0.3 is 0 Å². The number of hydrogen-bond donors (Lipinski definition) is 1. The zero-order valence-corrected chi connectivity index (χ0v) is 12.9. The first kappa shape index (κ1) is 15.6. The van der Waals surface area contributed by atoms with Crippen molar-refractivity contribution in [3.8, 4) is 5.75 Å². The number of carbonyl (C=O) groups is 1. The number of para-hydroxylation sites is 1. The summed E-state index contributed by atoms with van der Waals surface area (Å²) in [5.74, 6) is 1.91. The van der Waals surface area contributed by atoms with Crippen molar-refractivity contribution in [2.45, 2.75) is 32.7 Å². The fourth-order valence-electron chi connectivity index (χ4n) is 2.38. The molecule has 1 amide bonds. The van der Waals surface area contributed by atoms with Gasteiger partial charge in [0, 0.05) is 25.3 Å². The lowest BCUT2D eigenvalue weighted by atomic mass is 10.2. The maximum Gasteiger partial charge on any atom is 0.217 e. The lowest BCUT2D eigenvalue weighted by Gasteiger charge is -2.08. The van der Waals surface area contributed by atoms with Gasteiger partial charge < -0.3 is 15.0 Å². The monoisotopic (exact) mass is 309 g/mol. The number of alkyl halides is 1. The molecule has 0 unspecified atom stereocenters. The largest absolute Gasteiger partial charge is 0.492 e. The molecule has 114 valence electrons. The molecule has 0 fully saturated rings. The number of nitrogens with two attached hydrogens (primary N) is 1. The molecule has 1 heterocycles. The van der Waals surface area contributed by atoms with Crippen LogP contribution in [0.3, 0.4) is 0 Å². The molecular weight excluding hydrogens is 290 g/mol. The molecule has 0 saturated carbocycles. The number of imidazole rings is 1. The van der Waals surface area contributed by atoms with Crippen LogP contribution in [0.4, 0.5) is 0 Å². The van der Waals surface area contributed by atoms with E-state index in [9.17, 15) is 4.79 Å². The van der Waals surface area contributed by atoms with E-state index in [-0.39, 0.29) is 5.91 Å². The molecule has 6 heteroatoms. The molecule has 0 atom stereocenters. The molecule has 0 spiro atoms. The highest BCUT2D eigenvalue weighted by atomic mass is 35.5. The number of amides is 1. The van der Waals surface area contributed by atoms with E-state index in [0.717, 1.165) is 22.6 Å². The molecule has 21 heavy (non-hydrogen) atoms. The Bertz CT molecular complexity index is 625. The Hall–Kier alpha value is -1.75. The predicted molar refractivity (Wildman–Crippen MR) is 83.8 cm³/mol. The first-order valence-corrected chi connectivity index (χ1v) is 7.66. The number of rotatable bonds is 8. The van der Waals surface area contributed by atoms with Gasteiger partial charge in [-0.05, 0) is 25.5 Å². The summed E-state index contributed by atoms with van der Waals surface area (Å²) < 4.78 is 7.73. The van der Waals surface area contributed by atoms with Crippen LogP contribution >= 0.6 is 11.6 Å². The molecule has 2 N–H and O–H groups in total. The van der Waals surface area contributed by atoms with Crippen LogP contribution in [-0.4, -0.2) is 27.9 Å². The summed E-state index contributed by atoms with van der Waals surface area (Å²) in [6, 6.07) is 5.87. The van der Waals surface area contributed by atoms with Gasteiger partial charge in [0.05, 0.1) is 12.1 Å². The maximum absolute atomic E-state index is 10.9. The fraction of sp³-hybridized carbons (Fsp3) is 0.467. The Balaban J connectivity index is 2.37. The molecule has 0 bridgehead atoms. The third-order valence-electron chi connectivity index (χ3n) is 3.24. The van der Waals surface area contributed by atoms with Crippen molar-refractivity contribution in [1.29, 1.82) is 0 Å². The smallest absolute Gasteiger partial charge is 0.217 e. The average molecular weight is 310 g/mol. The van der Waals surface area contributed by atoms with Crippen molar-refractivity contribution in [2.24, 2.45) is 5.73 Å². The number of nitrogens with zero attached hydrogens (tertiary/aromatic N) is 2. The lowest BCUT2D eigenvalue weighted by Crippen LogP contribution is -2.12. The van der Waals surface area contributed by atoms with Crippen molar-refractivity contribution in [3.05, 3.63) is 24.0 Å². The standard InChI is InChI=1S/C15H20ClN3O2/c1-2-21-12-6-3-5-11-15(12)18-14(8-9-16)19(11)10-4-7-13(17)20/h3,5-6H,2,4,7-10H2,1H3,(H2,17,20). The second-order valence-electron chi connectivity index (χ2n) is 4.75. The van der Waals surface area contributed by atoms with E-state index >= 15 is 0 Å². The number of halogens is 1. The zero-order chi connectivity index (χ0) is 15.2. The first-order valence-electron chi connectivity index (χ1n) is 7.12. The van der Waals surface area contributed by atoms with Crippen LogP contribution in [0.5, 0.6) is 5.75 Å². The quantitative estimate of drug-likeness (QED) is 0.762. The summed E-state index contributed by atoms with van der Waals surface area (Å²) in [6.45, 7) is 3.24. The van der Waals surface area contributed by atoms with Gasteiger partial charge in [-0.25, -0.2) is 4.98 Å². The highest BCUT2D eigenvalue weighted by molar-refractivity contribution is 6.17. The highest BCUT2D eigenvalue weighted by Gasteiger charge is 2.14. The van der Waals surface area contributed by atoms with E-state index in [1.807, 2.05) is 25.1 Å². The van der Waals surface area contributed by atoms with Crippen molar-refractivity contribution in [3.63, 3.8) is 0 Å². The van der Waals surface area contributed by atoms with Crippen LogP contribution in [0.25, 0.3) is 11.0 Å². The van der Waals surface area contributed by atoms with Gasteiger partial charge in [0.1, 0.15) is 17.1 Å². The Labute approximate surface area is 129 Å². The van der Waals surface area contributed by atoms with Crippen LogP contribution in [0.15, 0.2) is 18.2 Å². The summed E-state index contributed by atoms with van der Waals surface area (Å²) >= 11 is 5.86. The molecule has 1 aromatic carbocycles. The molecule has 0 aliphatic rings. The normalized spacial score (nSPS) is 11.0. The topological polar surface area (TPSA) is 70.1 Å². The first-order chi connectivity index (χ1) is 10.2. The highest BCUT2D eigenvalue weighted by Crippen LogP contribution is 2.26. The van der Waals surface area contributed by atoms with Gasteiger partial charge in [-0.3, -0.25) is 4.79 Å². The van der Waals surface area contributed by atoms with E-state index in [4.69, 9.17) is 22.1 Å². The van der Waals surface area contributed by atoms with Crippen LogP contribution in [0.2, 0.25) is 0 Å². The Morgan fingerprint density at radius 3 is 2.95 bits per heavy atom. The lowest BCUT2D eigenvalue weighted by molar-refractivity contribution is -0.118. The fourth-order valence-corrected chi connectivity index (χ4v) is 2.55.